The van der Waals surface area contributed by atoms with Crippen molar-refractivity contribution in [3.63, 3.8) is 0 Å². The number of anilines is 2. The molecule has 0 fully saturated rings. The van der Waals surface area contributed by atoms with Gasteiger partial charge in [0.15, 0.2) is 0 Å². The third kappa shape index (κ3) is 2.09. The minimum absolute atomic E-state index is 0.485. The summed E-state index contributed by atoms with van der Waals surface area (Å²) in [4.78, 5) is 3.97. The molecule has 6 nitrogen and oxygen atoms in total. The number of nitrogens with one attached hydrogen (secondary N) is 2. The van der Waals surface area contributed by atoms with Crippen LogP contribution >= 0.6 is 0 Å². The summed E-state index contributed by atoms with van der Waals surface area (Å²) < 4.78 is 0. The highest BCUT2D eigenvalue weighted by molar-refractivity contribution is 5.62. The number of aromatic amines is 1. The van der Waals surface area contributed by atoms with Crippen molar-refractivity contribution in [1.29, 1.82) is 5.26 Å². The van der Waals surface area contributed by atoms with E-state index >= 15 is 0 Å². The van der Waals surface area contributed by atoms with Gasteiger partial charge in [0.05, 0.1) is 17.8 Å². The van der Waals surface area contributed by atoms with Crippen molar-refractivity contribution < 1.29 is 0 Å². The monoisotopic (exact) mass is 214 g/mol. The van der Waals surface area contributed by atoms with Gasteiger partial charge in [0.25, 0.3) is 0 Å². The summed E-state index contributed by atoms with van der Waals surface area (Å²) in [5.74, 6) is 0.709. The molecule has 0 amide bonds. The van der Waals surface area contributed by atoms with Gasteiger partial charge in [-0.05, 0) is 18.2 Å². The molecule has 0 bridgehead atoms. The predicted octanol–water partition coefficient (Wildman–Crippen LogP) is 0.871. The van der Waals surface area contributed by atoms with E-state index in [1.165, 1.54) is 6.33 Å². The Kier molecular flexibility index (Phi) is 2.69. The predicted molar refractivity (Wildman–Crippen MR) is 59.3 cm³/mol. The van der Waals surface area contributed by atoms with Crippen LogP contribution < -0.4 is 11.1 Å². The normalized spacial score (nSPS) is 9.69. The van der Waals surface area contributed by atoms with Crippen LogP contribution in [0.4, 0.5) is 11.4 Å². The fourth-order valence-corrected chi connectivity index (χ4v) is 1.30. The van der Waals surface area contributed by atoms with Crippen molar-refractivity contribution in [2.75, 3.05) is 11.1 Å². The lowest BCUT2D eigenvalue weighted by Gasteiger charge is -2.06. The quantitative estimate of drug-likeness (QED) is 0.658. The van der Waals surface area contributed by atoms with Gasteiger partial charge in [-0.15, -0.1) is 0 Å². The summed E-state index contributed by atoms with van der Waals surface area (Å²) in [6.45, 7) is 0.485. The highest BCUT2D eigenvalue weighted by Gasteiger charge is 2.02. The molecule has 16 heavy (non-hydrogen) atoms. The van der Waals surface area contributed by atoms with E-state index in [0.29, 0.717) is 23.6 Å². The molecule has 2 rings (SSSR count). The van der Waals surface area contributed by atoms with Crippen LogP contribution in [-0.2, 0) is 6.54 Å². The van der Waals surface area contributed by atoms with Gasteiger partial charge < -0.3 is 11.1 Å². The molecule has 0 aliphatic heterocycles. The zero-order chi connectivity index (χ0) is 11.4. The van der Waals surface area contributed by atoms with Crippen LogP contribution in [0, 0.1) is 11.3 Å². The van der Waals surface area contributed by atoms with Gasteiger partial charge >= 0.3 is 0 Å². The Morgan fingerprint density at radius 1 is 1.50 bits per heavy atom. The second-order valence-electron chi connectivity index (χ2n) is 3.20. The highest BCUT2D eigenvalue weighted by atomic mass is 15.2. The number of nitrogens with zero attached hydrogens (tertiary/aromatic N) is 3. The molecule has 2 aromatic rings. The molecule has 6 heteroatoms. The van der Waals surface area contributed by atoms with E-state index in [2.05, 4.69) is 26.6 Å². The summed E-state index contributed by atoms with van der Waals surface area (Å²) in [7, 11) is 0. The molecule has 0 radical (unpaired) electrons. The van der Waals surface area contributed by atoms with E-state index < -0.39 is 0 Å². The maximum absolute atomic E-state index is 8.92. The zero-order valence-electron chi connectivity index (χ0n) is 8.44. The molecule has 4 N–H and O–H groups in total. The molecule has 0 aliphatic carbocycles. The first kappa shape index (κ1) is 9.98. The molecule has 1 heterocycles. The summed E-state index contributed by atoms with van der Waals surface area (Å²) >= 11 is 0. The number of hydrogen-bond acceptors (Lipinski definition) is 5. The lowest BCUT2D eigenvalue weighted by molar-refractivity contribution is 0.954. The van der Waals surface area contributed by atoms with Crippen molar-refractivity contribution in [2.24, 2.45) is 0 Å². The lowest BCUT2D eigenvalue weighted by atomic mass is 10.1. The molecule has 0 spiro atoms. The first-order chi connectivity index (χ1) is 7.79. The molecular weight excluding hydrogens is 204 g/mol. The van der Waals surface area contributed by atoms with E-state index in [1.807, 2.05) is 0 Å². The van der Waals surface area contributed by atoms with Gasteiger partial charge in [-0.1, -0.05) is 0 Å². The van der Waals surface area contributed by atoms with E-state index in [1.54, 1.807) is 18.2 Å². The fraction of sp³-hybridized carbons (Fsp3) is 0.100. The smallest absolute Gasteiger partial charge is 0.143 e. The van der Waals surface area contributed by atoms with Gasteiger partial charge in [-0.3, -0.25) is 5.10 Å². The number of benzene rings is 1. The summed E-state index contributed by atoms with van der Waals surface area (Å²) in [6, 6.07) is 7.21. The number of nitrogens with two attached hydrogens (primary N) is 1. The Hall–Kier alpha value is -2.55. The Morgan fingerprint density at radius 2 is 2.38 bits per heavy atom. The van der Waals surface area contributed by atoms with Gasteiger partial charge in [0, 0.05) is 5.69 Å². The molecule has 0 unspecified atom stereocenters. The molecule has 0 aliphatic rings. The SMILES string of the molecule is N#Cc1cc(N)ccc1NCc1ncn[nH]1. The summed E-state index contributed by atoms with van der Waals surface area (Å²) in [5, 5.41) is 18.5. The zero-order valence-corrected chi connectivity index (χ0v) is 8.44. The number of hydrogen-bond donors (Lipinski definition) is 3. The Morgan fingerprint density at radius 3 is 3.06 bits per heavy atom. The molecule has 1 aromatic carbocycles. The average molecular weight is 214 g/mol. The van der Waals surface area contributed by atoms with Crippen molar-refractivity contribution in [2.45, 2.75) is 6.54 Å². The largest absolute Gasteiger partial charge is 0.399 e. The van der Waals surface area contributed by atoms with Crippen molar-refractivity contribution in [3.8, 4) is 6.07 Å². The summed E-state index contributed by atoms with van der Waals surface area (Å²) in [5.41, 5.74) is 7.40. The number of nitrogen functional groups attached to an aromatic ring is 1. The van der Waals surface area contributed by atoms with Crippen LogP contribution in [0.2, 0.25) is 0 Å². The van der Waals surface area contributed by atoms with Gasteiger partial charge in [-0.25, -0.2) is 4.98 Å². The van der Waals surface area contributed by atoms with Crippen LogP contribution in [0.3, 0.4) is 0 Å². The van der Waals surface area contributed by atoms with Gasteiger partial charge in [0.1, 0.15) is 18.2 Å². The summed E-state index contributed by atoms with van der Waals surface area (Å²) in [6.07, 6.45) is 1.44. The molecule has 0 saturated heterocycles. The van der Waals surface area contributed by atoms with Crippen molar-refractivity contribution in [1.82, 2.24) is 15.2 Å². The molecule has 80 valence electrons. The second kappa shape index (κ2) is 4.31. The maximum atomic E-state index is 8.92. The van der Waals surface area contributed by atoms with E-state index in [0.717, 1.165) is 5.69 Å². The molecule has 1 aromatic heterocycles. The topological polar surface area (TPSA) is 103 Å². The van der Waals surface area contributed by atoms with E-state index in [4.69, 9.17) is 11.0 Å². The molecule has 0 saturated carbocycles. The first-order valence-corrected chi connectivity index (χ1v) is 4.67. The van der Waals surface area contributed by atoms with E-state index in [-0.39, 0.29) is 0 Å². The lowest BCUT2D eigenvalue weighted by Crippen LogP contribution is -2.03. The molecular formula is C10H10N6. The van der Waals surface area contributed by atoms with Crippen LogP contribution in [0.1, 0.15) is 11.4 Å². The van der Waals surface area contributed by atoms with Crippen LogP contribution in [0.25, 0.3) is 0 Å². The fourth-order valence-electron chi connectivity index (χ4n) is 1.30. The third-order valence-electron chi connectivity index (χ3n) is 2.08. The number of rotatable bonds is 3. The van der Waals surface area contributed by atoms with Crippen molar-refractivity contribution in [3.05, 3.63) is 35.9 Å². The standard InChI is InChI=1S/C10H10N6/c11-4-7-3-8(12)1-2-9(7)13-5-10-14-6-15-16-10/h1-3,6,13H,5,12H2,(H,14,15,16). The minimum atomic E-state index is 0.485. The Balaban J connectivity index is 2.13. The number of nitriles is 1. The Labute approximate surface area is 92.1 Å². The maximum Gasteiger partial charge on any atom is 0.143 e. The number of aromatic nitrogens is 3. The van der Waals surface area contributed by atoms with E-state index in [9.17, 15) is 0 Å². The van der Waals surface area contributed by atoms with Crippen LogP contribution in [0.5, 0.6) is 0 Å². The van der Waals surface area contributed by atoms with Gasteiger partial charge in [0.2, 0.25) is 0 Å². The van der Waals surface area contributed by atoms with Gasteiger partial charge in [-0.2, -0.15) is 10.4 Å². The number of H-pyrrole nitrogens is 1. The highest BCUT2D eigenvalue weighted by Crippen LogP contribution is 2.18. The molecule has 0 atom stereocenters. The van der Waals surface area contributed by atoms with Crippen LogP contribution in [-0.4, -0.2) is 15.2 Å². The van der Waals surface area contributed by atoms with Crippen LogP contribution in [0.15, 0.2) is 24.5 Å². The first-order valence-electron chi connectivity index (χ1n) is 4.67. The third-order valence-corrected chi connectivity index (χ3v) is 2.08. The minimum Gasteiger partial charge on any atom is -0.399 e. The Bertz CT molecular complexity index is 511. The second-order valence-corrected chi connectivity index (χ2v) is 3.20. The average Bonchev–Trinajstić information content (AvgIpc) is 2.80. The van der Waals surface area contributed by atoms with Crippen molar-refractivity contribution >= 4 is 11.4 Å².